The van der Waals surface area contributed by atoms with Crippen LogP contribution in [0.1, 0.15) is 6.92 Å². The molecule has 0 fully saturated rings. The van der Waals surface area contributed by atoms with Crippen LogP contribution < -0.4 is 5.73 Å². The van der Waals surface area contributed by atoms with Gasteiger partial charge >= 0.3 is 0 Å². The molecular weight excluding hydrogens is 275 g/mol. The Morgan fingerprint density at radius 3 is 2.61 bits per heavy atom. The molecule has 18 heavy (non-hydrogen) atoms. The first kappa shape index (κ1) is 15.3. The summed E-state index contributed by atoms with van der Waals surface area (Å²) in [6, 6.07) is 3.38. The van der Waals surface area contributed by atoms with Crippen LogP contribution >= 0.6 is 11.8 Å². The highest BCUT2D eigenvalue weighted by molar-refractivity contribution is 7.98. The molecule has 0 spiro atoms. The molecular formula is C11H17FN2O2S2. The van der Waals surface area contributed by atoms with E-state index in [-0.39, 0.29) is 16.6 Å². The van der Waals surface area contributed by atoms with Crippen LogP contribution in [0.15, 0.2) is 23.1 Å². The normalized spacial score (nSPS) is 13.8. The summed E-state index contributed by atoms with van der Waals surface area (Å²) >= 11 is 1.54. The molecule has 0 heterocycles. The zero-order chi connectivity index (χ0) is 13.9. The summed E-state index contributed by atoms with van der Waals surface area (Å²) in [5, 5.41) is 0. The van der Waals surface area contributed by atoms with E-state index in [1.165, 1.54) is 35.2 Å². The smallest absolute Gasteiger partial charge is 0.246 e. The van der Waals surface area contributed by atoms with E-state index in [0.717, 1.165) is 6.07 Å². The largest absolute Gasteiger partial charge is 0.399 e. The molecule has 2 N–H and O–H groups in total. The molecule has 0 amide bonds. The molecule has 102 valence electrons. The van der Waals surface area contributed by atoms with Crippen molar-refractivity contribution in [3.8, 4) is 0 Å². The molecule has 0 aliphatic rings. The molecule has 0 aliphatic carbocycles. The maximum absolute atomic E-state index is 13.7. The minimum atomic E-state index is -3.82. The Hall–Kier alpha value is -0.790. The number of nitrogens with two attached hydrogens (primary N) is 1. The third-order valence-electron chi connectivity index (χ3n) is 2.64. The molecule has 0 saturated heterocycles. The Morgan fingerprint density at radius 2 is 2.11 bits per heavy atom. The van der Waals surface area contributed by atoms with Crippen LogP contribution in [0.4, 0.5) is 10.1 Å². The van der Waals surface area contributed by atoms with Crippen LogP contribution in [0.2, 0.25) is 0 Å². The molecule has 7 heteroatoms. The van der Waals surface area contributed by atoms with E-state index in [0.29, 0.717) is 5.75 Å². The highest BCUT2D eigenvalue weighted by atomic mass is 32.2. The summed E-state index contributed by atoms with van der Waals surface area (Å²) < 4.78 is 39.3. The summed E-state index contributed by atoms with van der Waals surface area (Å²) in [5.41, 5.74) is 5.60. The predicted molar refractivity (Wildman–Crippen MR) is 73.6 cm³/mol. The van der Waals surface area contributed by atoms with E-state index < -0.39 is 15.8 Å². The zero-order valence-corrected chi connectivity index (χ0v) is 12.2. The third-order valence-corrected chi connectivity index (χ3v) is 5.46. The maximum atomic E-state index is 13.7. The second kappa shape index (κ2) is 5.90. The van der Waals surface area contributed by atoms with Gasteiger partial charge in [-0.2, -0.15) is 16.1 Å². The standard InChI is InChI=1S/C11H17FN2O2S2/c1-8(7-17-3)14(2)18(15,16)11-5-4-9(13)6-10(11)12/h4-6,8H,7,13H2,1-3H3. The molecule has 1 aromatic carbocycles. The number of hydrogen-bond acceptors (Lipinski definition) is 4. The van der Waals surface area contributed by atoms with Gasteiger partial charge in [0.15, 0.2) is 0 Å². The van der Waals surface area contributed by atoms with E-state index in [2.05, 4.69) is 0 Å². The van der Waals surface area contributed by atoms with Gasteiger partial charge in [-0.1, -0.05) is 0 Å². The van der Waals surface area contributed by atoms with Gasteiger partial charge in [0, 0.05) is 24.5 Å². The minimum absolute atomic E-state index is 0.200. The highest BCUT2D eigenvalue weighted by Crippen LogP contribution is 2.22. The lowest BCUT2D eigenvalue weighted by molar-refractivity contribution is 0.411. The SMILES string of the molecule is CSCC(C)N(C)S(=O)(=O)c1ccc(N)cc1F. The van der Waals surface area contributed by atoms with Crippen molar-refractivity contribution in [1.29, 1.82) is 0 Å². The van der Waals surface area contributed by atoms with Crippen LogP contribution in [0.3, 0.4) is 0 Å². The molecule has 1 unspecified atom stereocenters. The number of sulfonamides is 1. The molecule has 0 saturated carbocycles. The van der Waals surface area contributed by atoms with Crippen LogP contribution in [-0.2, 0) is 10.0 Å². The second-order valence-electron chi connectivity index (χ2n) is 4.02. The number of benzene rings is 1. The molecule has 1 aromatic rings. The van der Waals surface area contributed by atoms with Crippen molar-refractivity contribution in [2.75, 3.05) is 24.8 Å². The molecule has 1 rings (SSSR count). The van der Waals surface area contributed by atoms with Crippen molar-refractivity contribution in [1.82, 2.24) is 4.31 Å². The van der Waals surface area contributed by atoms with Gasteiger partial charge in [0.05, 0.1) is 0 Å². The number of anilines is 1. The van der Waals surface area contributed by atoms with Gasteiger partial charge in [-0.15, -0.1) is 0 Å². The summed E-state index contributed by atoms with van der Waals surface area (Å²) in [6.07, 6.45) is 1.89. The number of thioether (sulfide) groups is 1. The quantitative estimate of drug-likeness (QED) is 0.840. The molecule has 0 aromatic heterocycles. The van der Waals surface area contributed by atoms with Gasteiger partial charge in [0.1, 0.15) is 10.7 Å². The molecule has 0 aliphatic heterocycles. The predicted octanol–water partition coefficient (Wildman–Crippen LogP) is 1.78. The maximum Gasteiger partial charge on any atom is 0.246 e. The Morgan fingerprint density at radius 1 is 1.50 bits per heavy atom. The topological polar surface area (TPSA) is 63.4 Å². The van der Waals surface area contributed by atoms with Gasteiger partial charge in [-0.3, -0.25) is 0 Å². The summed E-state index contributed by atoms with van der Waals surface area (Å²) in [6.45, 7) is 1.78. The lowest BCUT2D eigenvalue weighted by atomic mass is 10.3. The average Bonchev–Trinajstić information content (AvgIpc) is 2.27. The van der Waals surface area contributed by atoms with E-state index in [9.17, 15) is 12.8 Å². The lowest BCUT2D eigenvalue weighted by Crippen LogP contribution is -2.37. The number of rotatable bonds is 5. The van der Waals surface area contributed by atoms with Gasteiger partial charge in [-0.25, -0.2) is 12.8 Å². The van der Waals surface area contributed by atoms with Gasteiger partial charge in [0.25, 0.3) is 0 Å². The second-order valence-corrected chi connectivity index (χ2v) is 6.89. The Kier molecular flexibility index (Phi) is 5.01. The van der Waals surface area contributed by atoms with Gasteiger partial charge < -0.3 is 5.73 Å². The van der Waals surface area contributed by atoms with Crippen molar-refractivity contribution in [2.45, 2.75) is 17.9 Å². The molecule has 4 nitrogen and oxygen atoms in total. The Bertz CT molecular complexity index is 520. The monoisotopic (exact) mass is 292 g/mol. The first-order valence-corrected chi connectivity index (χ1v) is 8.16. The Balaban J connectivity index is 3.13. The fourth-order valence-corrected chi connectivity index (χ4v) is 3.67. The first-order valence-electron chi connectivity index (χ1n) is 5.32. The Labute approximate surface area is 111 Å². The van der Waals surface area contributed by atoms with Crippen LogP contribution in [0.25, 0.3) is 0 Å². The van der Waals surface area contributed by atoms with Gasteiger partial charge in [-0.05, 0) is 31.4 Å². The van der Waals surface area contributed by atoms with E-state index >= 15 is 0 Å². The number of nitrogens with zero attached hydrogens (tertiary/aromatic N) is 1. The van der Waals surface area contributed by atoms with Crippen molar-refractivity contribution >= 4 is 27.5 Å². The zero-order valence-electron chi connectivity index (χ0n) is 10.6. The third kappa shape index (κ3) is 3.15. The van der Waals surface area contributed by atoms with Crippen LogP contribution in [0, 0.1) is 5.82 Å². The number of hydrogen-bond donors (Lipinski definition) is 1. The van der Waals surface area contributed by atoms with E-state index in [4.69, 9.17) is 5.73 Å². The minimum Gasteiger partial charge on any atom is -0.399 e. The first-order chi connectivity index (χ1) is 8.30. The number of nitrogen functional groups attached to an aromatic ring is 1. The summed E-state index contributed by atoms with van der Waals surface area (Å²) in [4.78, 5) is -0.341. The molecule has 1 atom stereocenters. The highest BCUT2D eigenvalue weighted by Gasteiger charge is 2.27. The van der Waals surface area contributed by atoms with Crippen molar-refractivity contribution < 1.29 is 12.8 Å². The summed E-state index contributed by atoms with van der Waals surface area (Å²) in [5.74, 6) is -0.176. The van der Waals surface area contributed by atoms with Crippen LogP contribution in [0.5, 0.6) is 0 Å². The van der Waals surface area contributed by atoms with E-state index in [1.54, 1.807) is 6.92 Å². The fraction of sp³-hybridized carbons (Fsp3) is 0.455. The van der Waals surface area contributed by atoms with Crippen LogP contribution in [-0.4, -0.2) is 37.8 Å². The van der Waals surface area contributed by atoms with Crippen molar-refractivity contribution in [3.63, 3.8) is 0 Å². The van der Waals surface area contributed by atoms with Crippen molar-refractivity contribution in [3.05, 3.63) is 24.0 Å². The molecule has 0 radical (unpaired) electrons. The fourth-order valence-electron chi connectivity index (χ4n) is 1.46. The lowest BCUT2D eigenvalue weighted by Gasteiger charge is -2.23. The van der Waals surface area contributed by atoms with Crippen molar-refractivity contribution in [2.24, 2.45) is 0 Å². The van der Waals surface area contributed by atoms with E-state index in [1.807, 2.05) is 6.26 Å². The summed E-state index contributed by atoms with van der Waals surface area (Å²) in [7, 11) is -2.37. The molecule has 0 bridgehead atoms. The number of halogens is 1. The average molecular weight is 292 g/mol. The van der Waals surface area contributed by atoms with Gasteiger partial charge in [0.2, 0.25) is 10.0 Å².